The zero-order chi connectivity index (χ0) is 14.4. The maximum atomic E-state index is 9.21. The molecule has 0 aliphatic heterocycles. The van der Waals surface area contributed by atoms with Gasteiger partial charge in [0.2, 0.25) is 0 Å². The maximum absolute atomic E-state index is 9.21. The van der Waals surface area contributed by atoms with Crippen LogP contribution in [0.3, 0.4) is 0 Å². The van der Waals surface area contributed by atoms with Crippen molar-refractivity contribution in [2.45, 2.75) is 36.1 Å². The number of nitrogens with zero attached hydrogens (tertiary/aromatic N) is 5. The van der Waals surface area contributed by atoms with E-state index in [2.05, 4.69) is 20.2 Å². The number of hydrogen-bond donors (Lipinski definition) is 1. The van der Waals surface area contributed by atoms with Crippen molar-refractivity contribution in [2.24, 2.45) is 7.05 Å². The fourth-order valence-corrected chi connectivity index (χ4v) is 4.85. The quantitative estimate of drug-likeness (QED) is 0.744. The van der Waals surface area contributed by atoms with Gasteiger partial charge in [-0.2, -0.15) is 0 Å². The lowest BCUT2D eigenvalue weighted by molar-refractivity contribution is 0.266. The van der Waals surface area contributed by atoms with Crippen LogP contribution in [0.15, 0.2) is 16.5 Å². The van der Waals surface area contributed by atoms with Crippen LogP contribution in [-0.2, 0) is 26.5 Å². The minimum atomic E-state index is -0.114. The molecule has 0 radical (unpaired) electrons. The molecule has 0 unspecified atom stereocenters. The first kappa shape index (κ1) is 13.2. The molecule has 0 fully saturated rings. The van der Waals surface area contributed by atoms with E-state index in [-0.39, 0.29) is 6.61 Å². The van der Waals surface area contributed by atoms with E-state index >= 15 is 0 Å². The third-order valence-electron chi connectivity index (χ3n) is 3.72. The molecule has 0 aromatic carbocycles. The average molecular weight is 319 g/mol. The Morgan fingerprint density at radius 2 is 2.24 bits per heavy atom. The third-order valence-corrected chi connectivity index (χ3v) is 5.96. The van der Waals surface area contributed by atoms with Gasteiger partial charge in [0.05, 0.1) is 0 Å². The Kier molecular flexibility index (Phi) is 3.16. The number of thiophene rings is 1. The highest BCUT2D eigenvalue weighted by Gasteiger charge is 2.22. The predicted octanol–water partition coefficient (Wildman–Crippen LogP) is 1.95. The fraction of sp³-hybridized carbons (Fsp3) is 0.385. The van der Waals surface area contributed by atoms with E-state index in [0.717, 1.165) is 27.9 Å². The molecular formula is C13H13N5OS2. The normalized spacial score (nSPS) is 14.0. The molecule has 3 aromatic rings. The Bertz CT molecular complexity index is 825. The Morgan fingerprint density at radius 3 is 3.05 bits per heavy atom. The van der Waals surface area contributed by atoms with Crippen LogP contribution in [0.25, 0.3) is 10.2 Å². The molecule has 21 heavy (non-hydrogen) atoms. The van der Waals surface area contributed by atoms with Gasteiger partial charge in [-0.15, -0.1) is 21.5 Å². The molecule has 0 amide bonds. The van der Waals surface area contributed by atoms with Crippen LogP contribution in [0.1, 0.15) is 22.7 Å². The molecule has 0 saturated carbocycles. The lowest BCUT2D eigenvalue weighted by Gasteiger charge is -2.03. The van der Waals surface area contributed by atoms with E-state index in [1.165, 1.54) is 34.0 Å². The van der Waals surface area contributed by atoms with E-state index in [4.69, 9.17) is 0 Å². The van der Waals surface area contributed by atoms with Crippen molar-refractivity contribution < 1.29 is 5.11 Å². The summed E-state index contributed by atoms with van der Waals surface area (Å²) < 4.78 is 1.80. The summed E-state index contributed by atoms with van der Waals surface area (Å²) in [6.45, 7) is -0.114. The molecule has 6 nitrogen and oxygen atoms in total. The molecule has 0 atom stereocenters. The van der Waals surface area contributed by atoms with Gasteiger partial charge < -0.3 is 9.67 Å². The van der Waals surface area contributed by atoms with Crippen LogP contribution in [0.2, 0.25) is 0 Å². The molecule has 108 valence electrons. The highest BCUT2D eigenvalue weighted by Crippen LogP contribution is 2.41. The summed E-state index contributed by atoms with van der Waals surface area (Å²) in [6, 6.07) is 0. The molecule has 3 heterocycles. The lowest BCUT2D eigenvalue weighted by Crippen LogP contribution is -1.98. The topological polar surface area (TPSA) is 76.7 Å². The van der Waals surface area contributed by atoms with E-state index in [9.17, 15) is 5.11 Å². The van der Waals surface area contributed by atoms with Gasteiger partial charge in [0.15, 0.2) is 11.0 Å². The second kappa shape index (κ2) is 5.04. The molecule has 1 aliphatic rings. The highest BCUT2D eigenvalue weighted by atomic mass is 32.2. The van der Waals surface area contributed by atoms with E-state index in [1.807, 2.05) is 7.05 Å². The van der Waals surface area contributed by atoms with Crippen LogP contribution in [-0.4, -0.2) is 29.8 Å². The zero-order valence-electron chi connectivity index (χ0n) is 11.4. The number of hydrogen-bond acceptors (Lipinski definition) is 7. The molecule has 3 aromatic heterocycles. The SMILES string of the molecule is Cn1c(CO)nnc1Sc1ncnc2sc3c(c12)CCC3. The smallest absolute Gasteiger partial charge is 0.197 e. The van der Waals surface area contributed by atoms with Gasteiger partial charge in [-0.25, -0.2) is 9.97 Å². The number of aromatic nitrogens is 5. The first-order chi connectivity index (χ1) is 10.3. The molecule has 0 saturated heterocycles. The second-order valence-electron chi connectivity index (χ2n) is 4.93. The van der Waals surface area contributed by atoms with Crippen LogP contribution >= 0.6 is 23.1 Å². The Hall–Kier alpha value is -1.51. The number of aryl methyl sites for hydroxylation is 2. The van der Waals surface area contributed by atoms with E-state index in [0.29, 0.717) is 5.82 Å². The number of fused-ring (bicyclic) bond motifs is 3. The maximum Gasteiger partial charge on any atom is 0.197 e. The zero-order valence-corrected chi connectivity index (χ0v) is 13.0. The number of rotatable bonds is 3. The third kappa shape index (κ3) is 2.05. The summed E-state index contributed by atoms with van der Waals surface area (Å²) >= 11 is 3.26. The van der Waals surface area contributed by atoms with Crippen molar-refractivity contribution in [1.29, 1.82) is 0 Å². The second-order valence-corrected chi connectivity index (χ2v) is 6.97. The van der Waals surface area contributed by atoms with Crippen molar-refractivity contribution in [1.82, 2.24) is 24.7 Å². The van der Waals surface area contributed by atoms with E-state index in [1.54, 1.807) is 22.2 Å². The van der Waals surface area contributed by atoms with Crippen LogP contribution in [0.4, 0.5) is 0 Å². The average Bonchev–Trinajstić information content (AvgIpc) is 3.14. The summed E-state index contributed by atoms with van der Waals surface area (Å²) in [6.07, 6.45) is 5.09. The van der Waals surface area contributed by atoms with Gasteiger partial charge in [0.25, 0.3) is 0 Å². The molecule has 1 N–H and O–H groups in total. The van der Waals surface area contributed by atoms with Crippen molar-refractivity contribution >= 4 is 33.3 Å². The summed E-state index contributed by atoms with van der Waals surface area (Å²) in [5.41, 5.74) is 1.41. The molecule has 1 aliphatic carbocycles. The van der Waals surface area contributed by atoms with Crippen molar-refractivity contribution in [2.75, 3.05) is 0 Å². The fourth-order valence-electron chi connectivity index (χ4n) is 2.64. The molecule has 0 spiro atoms. The summed E-state index contributed by atoms with van der Waals surface area (Å²) in [5.74, 6) is 0.554. The van der Waals surface area contributed by atoms with Gasteiger partial charge in [0, 0.05) is 17.3 Å². The van der Waals surface area contributed by atoms with Gasteiger partial charge in [-0.05, 0) is 36.6 Å². The Labute approximate surface area is 129 Å². The number of aliphatic hydroxyl groups is 1. The first-order valence-corrected chi connectivity index (χ1v) is 8.33. The monoisotopic (exact) mass is 319 g/mol. The largest absolute Gasteiger partial charge is 0.388 e. The standard InChI is InChI=1S/C13H13N5OS2/c1-18-9(5-19)16-17-13(18)21-12-10-7-3-2-4-8(7)20-11(10)14-6-15-12/h6,19H,2-5H2,1H3. The summed E-state index contributed by atoms with van der Waals surface area (Å²) in [4.78, 5) is 11.3. The lowest BCUT2D eigenvalue weighted by atomic mass is 10.2. The van der Waals surface area contributed by atoms with Gasteiger partial charge in [0.1, 0.15) is 22.8 Å². The van der Waals surface area contributed by atoms with Gasteiger partial charge >= 0.3 is 0 Å². The van der Waals surface area contributed by atoms with Crippen molar-refractivity contribution in [3.8, 4) is 0 Å². The summed E-state index contributed by atoms with van der Waals surface area (Å²) in [7, 11) is 1.85. The Balaban J connectivity index is 1.81. The number of aliphatic hydroxyl groups excluding tert-OH is 1. The van der Waals surface area contributed by atoms with Crippen LogP contribution in [0.5, 0.6) is 0 Å². The highest BCUT2D eigenvalue weighted by molar-refractivity contribution is 7.99. The first-order valence-electron chi connectivity index (χ1n) is 6.70. The minimum Gasteiger partial charge on any atom is -0.388 e. The Morgan fingerprint density at radius 1 is 1.33 bits per heavy atom. The van der Waals surface area contributed by atoms with Crippen molar-refractivity contribution in [3.05, 3.63) is 22.6 Å². The molecule has 8 heteroatoms. The molecular weight excluding hydrogens is 306 g/mol. The minimum absolute atomic E-state index is 0.114. The summed E-state index contributed by atoms with van der Waals surface area (Å²) in [5, 5.41) is 20.1. The van der Waals surface area contributed by atoms with Crippen molar-refractivity contribution in [3.63, 3.8) is 0 Å². The van der Waals surface area contributed by atoms with Gasteiger partial charge in [-0.3, -0.25) is 0 Å². The predicted molar refractivity (Wildman–Crippen MR) is 80.5 cm³/mol. The van der Waals surface area contributed by atoms with Crippen LogP contribution in [0, 0.1) is 0 Å². The molecule has 0 bridgehead atoms. The molecule has 4 rings (SSSR count). The van der Waals surface area contributed by atoms with E-state index < -0.39 is 0 Å². The van der Waals surface area contributed by atoms with Crippen LogP contribution < -0.4 is 0 Å². The van der Waals surface area contributed by atoms with Gasteiger partial charge in [-0.1, -0.05) is 0 Å².